The van der Waals surface area contributed by atoms with Gasteiger partial charge in [-0.1, -0.05) is 0 Å². The lowest BCUT2D eigenvalue weighted by molar-refractivity contribution is -0.137. The van der Waals surface area contributed by atoms with Gasteiger partial charge < -0.3 is 9.72 Å². The number of fused-ring (bicyclic) bond motifs is 1. The Morgan fingerprint density at radius 3 is 2.64 bits per heavy atom. The number of H-pyrrole nitrogens is 1. The minimum Gasteiger partial charge on any atom is -0.493 e. The van der Waals surface area contributed by atoms with Crippen LogP contribution < -0.4 is 4.74 Å². The van der Waals surface area contributed by atoms with Crippen molar-refractivity contribution >= 4 is 12.4 Å². The van der Waals surface area contributed by atoms with Gasteiger partial charge in [0.25, 0.3) is 0 Å². The maximum Gasteiger partial charge on any atom is 0.416 e. The SMILES string of the molecule is Cl.FC(F)(F)c1ccc(OCC2CCCc3[nH]cnc32)cc1. The summed E-state index contributed by atoms with van der Waals surface area (Å²) in [4.78, 5) is 7.43. The number of hydrogen-bond donors (Lipinski definition) is 1. The van der Waals surface area contributed by atoms with Crippen LogP contribution in [0.4, 0.5) is 13.2 Å². The van der Waals surface area contributed by atoms with E-state index in [-0.39, 0.29) is 18.3 Å². The van der Waals surface area contributed by atoms with E-state index in [2.05, 4.69) is 9.97 Å². The van der Waals surface area contributed by atoms with Crippen molar-refractivity contribution in [2.45, 2.75) is 31.4 Å². The van der Waals surface area contributed by atoms with E-state index in [9.17, 15) is 13.2 Å². The fraction of sp³-hybridized carbons (Fsp3) is 0.400. The standard InChI is InChI=1S/C15H15F3N2O.ClH/c16-15(17,18)11-4-6-12(7-5-11)21-8-10-2-1-3-13-14(10)20-9-19-13;/h4-7,9-10H,1-3,8H2,(H,19,20);1H. The lowest BCUT2D eigenvalue weighted by atomic mass is 9.90. The van der Waals surface area contributed by atoms with Crippen LogP contribution in [0.15, 0.2) is 30.6 Å². The van der Waals surface area contributed by atoms with Crippen LogP contribution in [0.5, 0.6) is 5.75 Å². The van der Waals surface area contributed by atoms with Crippen molar-refractivity contribution in [3.8, 4) is 5.75 Å². The van der Waals surface area contributed by atoms with Crippen molar-refractivity contribution in [1.82, 2.24) is 9.97 Å². The number of alkyl halides is 3. The highest BCUT2D eigenvalue weighted by molar-refractivity contribution is 5.85. The first kappa shape index (κ1) is 16.7. The van der Waals surface area contributed by atoms with Crippen LogP contribution in [-0.2, 0) is 12.6 Å². The molecule has 3 nitrogen and oxygen atoms in total. The molecular formula is C15H16ClF3N2O. The van der Waals surface area contributed by atoms with E-state index < -0.39 is 11.7 Å². The number of rotatable bonds is 3. The molecule has 0 spiro atoms. The zero-order valence-corrected chi connectivity index (χ0v) is 12.5. The topological polar surface area (TPSA) is 37.9 Å². The number of benzene rings is 1. The summed E-state index contributed by atoms with van der Waals surface area (Å²) in [7, 11) is 0. The molecule has 0 aliphatic heterocycles. The summed E-state index contributed by atoms with van der Waals surface area (Å²) >= 11 is 0. The molecule has 1 aliphatic carbocycles. The van der Waals surface area contributed by atoms with Gasteiger partial charge in [-0.25, -0.2) is 4.98 Å². The molecule has 1 aromatic heterocycles. The predicted octanol–water partition coefficient (Wildman–Crippen LogP) is 4.35. The molecule has 0 bridgehead atoms. The zero-order valence-electron chi connectivity index (χ0n) is 11.7. The van der Waals surface area contributed by atoms with Crippen molar-refractivity contribution in [1.29, 1.82) is 0 Å². The number of imidazole rings is 1. The van der Waals surface area contributed by atoms with E-state index >= 15 is 0 Å². The highest BCUT2D eigenvalue weighted by Crippen LogP contribution is 2.32. The first-order chi connectivity index (χ1) is 10.0. The number of aromatic amines is 1. The van der Waals surface area contributed by atoms with Crippen molar-refractivity contribution in [3.05, 3.63) is 47.5 Å². The van der Waals surface area contributed by atoms with E-state index in [0.717, 1.165) is 42.8 Å². The average molecular weight is 333 g/mol. The second kappa shape index (κ2) is 6.60. The largest absolute Gasteiger partial charge is 0.493 e. The minimum atomic E-state index is -4.31. The lowest BCUT2D eigenvalue weighted by Crippen LogP contribution is -2.16. The fourth-order valence-corrected chi connectivity index (χ4v) is 2.64. The second-order valence-electron chi connectivity index (χ2n) is 5.19. The van der Waals surface area contributed by atoms with Crippen LogP contribution in [0, 0.1) is 0 Å². The minimum absolute atomic E-state index is 0. The Kier molecular flexibility index (Phi) is 5.01. The molecule has 7 heteroatoms. The molecule has 0 amide bonds. The summed E-state index contributed by atoms with van der Waals surface area (Å²) in [5, 5.41) is 0. The summed E-state index contributed by atoms with van der Waals surface area (Å²) < 4.78 is 43.0. The van der Waals surface area contributed by atoms with Crippen molar-refractivity contribution < 1.29 is 17.9 Å². The first-order valence-electron chi connectivity index (χ1n) is 6.86. The Hall–Kier alpha value is -1.69. The molecule has 120 valence electrons. The van der Waals surface area contributed by atoms with E-state index in [1.807, 2.05) is 0 Å². The van der Waals surface area contributed by atoms with Gasteiger partial charge in [0, 0.05) is 11.6 Å². The van der Waals surface area contributed by atoms with Crippen LogP contribution in [0.3, 0.4) is 0 Å². The van der Waals surface area contributed by atoms with Crippen molar-refractivity contribution in [3.63, 3.8) is 0 Å². The molecule has 1 unspecified atom stereocenters. The van der Waals surface area contributed by atoms with Crippen LogP contribution in [0.2, 0.25) is 0 Å². The number of aromatic nitrogens is 2. The number of aryl methyl sites for hydroxylation is 1. The normalized spacial score (nSPS) is 17.5. The monoisotopic (exact) mass is 332 g/mol. The molecule has 1 aromatic carbocycles. The van der Waals surface area contributed by atoms with Gasteiger partial charge in [0.2, 0.25) is 0 Å². The Morgan fingerprint density at radius 1 is 1.23 bits per heavy atom. The molecule has 3 rings (SSSR count). The smallest absolute Gasteiger partial charge is 0.416 e. The first-order valence-corrected chi connectivity index (χ1v) is 6.86. The molecule has 0 saturated heterocycles. The average Bonchev–Trinajstić information content (AvgIpc) is 2.93. The lowest BCUT2D eigenvalue weighted by Gasteiger charge is -2.21. The molecular weight excluding hydrogens is 317 g/mol. The van der Waals surface area contributed by atoms with Crippen LogP contribution in [-0.4, -0.2) is 16.6 Å². The van der Waals surface area contributed by atoms with Gasteiger partial charge >= 0.3 is 6.18 Å². The van der Waals surface area contributed by atoms with Gasteiger partial charge in [-0.05, 0) is 43.5 Å². The van der Waals surface area contributed by atoms with E-state index in [1.165, 1.54) is 12.1 Å². The van der Waals surface area contributed by atoms with Crippen molar-refractivity contribution in [2.24, 2.45) is 0 Å². The molecule has 2 aromatic rings. The maximum absolute atomic E-state index is 12.5. The predicted molar refractivity (Wildman–Crippen MR) is 78.5 cm³/mol. The number of nitrogens with one attached hydrogen (secondary N) is 1. The Labute approximate surface area is 132 Å². The third-order valence-corrected chi connectivity index (χ3v) is 3.75. The summed E-state index contributed by atoms with van der Waals surface area (Å²) in [6.07, 6.45) is 0.411. The molecule has 1 aliphatic rings. The molecule has 1 N–H and O–H groups in total. The second-order valence-corrected chi connectivity index (χ2v) is 5.19. The fourth-order valence-electron chi connectivity index (χ4n) is 2.64. The van der Waals surface area contributed by atoms with E-state index in [1.54, 1.807) is 6.33 Å². The summed E-state index contributed by atoms with van der Waals surface area (Å²) in [6.45, 7) is 0.434. The van der Waals surface area contributed by atoms with Gasteiger partial charge in [0.05, 0.1) is 24.2 Å². The van der Waals surface area contributed by atoms with Gasteiger partial charge in [-0.15, -0.1) is 12.4 Å². The molecule has 0 saturated carbocycles. The maximum atomic E-state index is 12.5. The number of ether oxygens (including phenoxy) is 1. The quantitative estimate of drug-likeness (QED) is 0.907. The molecule has 1 atom stereocenters. The molecule has 1 heterocycles. The summed E-state index contributed by atoms with van der Waals surface area (Å²) in [6, 6.07) is 4.79. The molecule has 0 radical (unpaired) electrons. The Bertz CT molecular complexity index is 610. The summed E-state index contributed by atoms with van der Waals surface area (Å²) in [5.41, 5.74) is 1.50. The summed E-state index contributed by atoms with van der Waals surface area (Å²) in [5.74, 6) is 0.646. The highest BCUT2D eigenvalue weighted by atomic mass is 35.5. The van der Waals surface area contributed by atoms with Gasteiger partial charge in [0.15, 0.2) is 0 Å². The van der Waals surface area contributed by atoms with Crippen LogP contribution in [0.25, 0.3) is 0 Å². The van der Waals surface area contributed by atoms with Crippen molar-refractivity contribution in [2.75, 3.05) is 6.61 Å². The van der Waals surface area contributed by atoms with Gasteiger partial charge in [0.1, 0.15) is 5.75 Å². The number of nitrogens with zero attached hydrogens (tertiary/aromatic N) is 1. The number of hydrogen-bond acceptors (Lipinski definition) is 2. The van der Waals surface area contributed by atoms with Crippen LogP contribution in [0.1, 0.15) is 35.7 Å². The molecule has 0 fully saturated rings. The number of halogens is 4. The molecule has 22 heavy (non-hydrogen) atoms. The Morgan fingerprint density at radius 2 is 1.95 bits per heavy atom. The zero-order chi connectivity index (χ0) is 14.9. The third kappa shape index (κ3) is 3.55. The van der Waals surface area contributed by atoms with Crippen LogP contribution >= 0.6 is 12.4 Å². The van der Waals surface area contributed by atoms with E-state index in [4.69, 9.17) is 4.74 Å². The highest BCUT2D eigenvalue weighted by Gasteiger charge is 2.30. The van der Waals surface area contributed by atoms with Gasteiger partial charge in [-0.2, -0.15) is 13.2 Å². The van der Waals surface area contributed by atoms with E-state index in [0.29, 0.717) is 12.4 Å². The van der Waals surface area contributed by atoms with Gasteiger partial charge in [-0.3, -0.25) is 0 Å². The third-order valence-electron chi connectivity index (χ3n) is 3.75. The Balaban J connectivity index is 0.00000176.